The van der Waals surface area contributed by atoms with Gasteiger partial charge < -0.3 is 15.3 Å². The second-order valence-corrected chi connectivity index (χ2v) is 5.42. The molecule has 0 aromatic heterocycles. The maximum atomic E-state index is 9.42. The van der Waals surface area contributed by atoms with Gasteiger partial charge >= 0.3 is 0 Å². The third kappa shape index (κ3) is 3.16. The average Bonchev–Trinajstić information content (AvgIpc) is 2.62. The third-order valence-electron chi connectivity index (χ3n) is 3.69. The van der Waals surface area contributed by atoms with Crippen LogP contribution in [0.5, 0.6) is 0 Å². The van der Waals surface area contributed by atoms with Gasteiger partial charge in [-0.25, -0.2) is 0 Å². The lowest BCUT2D eigenvalue weighted by Crippen LogP contribution is -2.45. The topological polar surface area (TPSA) is 35.5 Å². The molecule has 0 aromatic rings. The summed E-state index contributed by atoms with van der Waals surface area (Å²) < 4.78 is 0. The molecule has 90 valence electrons. The summed E-state index contributed by atoms with van der Waals surface area (Å²) in [4.78, 5) is 2.44. The highest BCUT2D eigenvalue weighted by molar-refractivity contribution is 4.98. The summed E-state index contributed by atoms with van der Waals surface area (Å²) >= 11 is 0. The molecule has 2 atom stereocenters. The van der Waals surface area contributed by atoms with E-state index in [1.165, 1.54) is 6.42 Å². The molecule has 2 unspecified atom stereocenters. The smallest absolute Gasteiger partial charge is 0.0613 e. The molecule has 0 aromatic carbocycles. The Balaban J connectivity index is 2.47. The predicted molar refractivity (Wildman–Crippen MR) is 64.0 cm³/mol. The van der Waals surface area contributed by atoms with Crippen LogP contribution >= 0.6 is 0 Å². The molecule has 0 saturated heterocycles. The van der Waals surface area contributed by atoms with Crippen LogP contribution in [0.3, 0.4) is 0 Å². The fraction of sp³-hybridized carbons (Fsp3) is 1.00. The van der Waals surface area contributed by atoms with Crippen LogP contribution in [0.4, 0.5) is 0 Å². The summed E-state index contributed by atoms with van der Waals surface area (Å²) in [6.07, 6.45) is 3.36. The van der Waals surface area contributed by atoms with Crippen molar-refractivity contribution in [1.29, 1.82) is 0 Å². The number of likely N-dealkylation sites (N-methyl/N-ethyl adjacent to an activating group) is 1. The number of nitrogens with one attached hydrogen (secondary N) is 1. The Morgan fingerprint density at radius 2 is 2.20 bits per heavy atom. The van der Waals surface area contributed by atoms with Crippen molar-refractivity contribution in [2.75, 3.05) is 27.2 Å². The molecule has 1 aliphatic carbocycles. The molecule has 0 amide bonds. The molecule has 1 rings (SSSR count). The first-order valence-electron chi connectivity index (χ1n) is 6.03. The van der Waals surface area contributed by atoms with Gasteiger partial charge in [-0.1, -0.05) is 13.8 Å². The zero-order valence-corrected chi connectivity index (χ0v) is 10.6. The van der Waals surface area contributed by atoms with Gasteiger partial charge in [0.25, 0.3) is 0 Å². The van der Waals surface area contributed by atoms with Gasteiger partial charge in [0.1, 0.15) is 0 Å². The van der Waals surface area contributed by atoms with Crippen LogP contribution in [0, 0.1) is 5.92 Å². The van der Waals surface area contributed by atoms with Crippen LogP contribution in [0.15, 0.2) is 0 Å². The summed E-state index contributed by atoms with van der Waals surface area (Å²) in [6, 6.07) is 0.631. The fourth-order valence-corrected chi connectivity index (χ4v) is 2.65. The van der Waals surface area contributed by atoms with Gasteiger partial charge in [0.05, 0.1) is 6.61 Å². The Morgan fingerprint density at radius 1 is 1.53 bits per heavy atom. The summed E-state index contributed by atoms with van der Waals surface area (Å²) in [6.45, 7) is 5.91. The van der Waals surface area contributed by atoms with Gasteiger partial charge in [0.2, 0.25) is 0 Å². The summed E-state index contributed by atoms with van der Waals surface area (Å²) in [7, 11) is 4.16. The standard InChI is InChI=1S/C12H26N2O/c1-10(2)8-14(4)11-5-6-12(7-11,9-15)13-3/h10-11,13,15H,5-9H2,1-4H3. The van der Waals surface area contributed by atoms with Crippen LogP contribution in [-0.2, 0) is 0 Å². The number of nitrogens with zero attached hydrogens (tertiary/aromatic N) is 1. The summed E-state index contributed by atoms with van der Waals surface area (Å²) in [5.41, 5.74) is -0.0180. The fourth-order valence-electron chi connectivity index (χ4n) is 2.65. The maximum Gasteiger partial charge on any atom is 0.0613 e. The molecule has 0 heterocycles. The summed E-state index contributed by atoms with van der Waals surface area (Å²) in [5, 5.41) is 12.7. The van der Waals surface area contributed by atoms with Crippen molar-refractivity contribution in [2.45, 2.75) is 44.7 Å². The van der Waals surface area contributed by atoms with Crippen molar-refractivity contribution in [3.63, 3.8) is 0 Å². The van der Waals surface area contributed by atoms with E-state index in [9.17, 15) is 5.11 Å². The number of rotatable bonds is 5. The number of hydrogen-bond acceptors (Lipinski definition) is 3. The lowest BCUT2D eigenvalue weighted by Gasteiger charge is -2.30. The third-order valence-corrected chi connectivity index (χ3v) is 3.69. The SMILES string of the molecule is CNC1(CO)CCC(N(C)CC(C)C)C1. The van der Waals surface area contributed by atoms with Gasteiger partial charge in [-0.15, -0.1) is 0 Å². The molecule has 0 bridgehead atoms. The van der Waals surface area contributed by atoms with E-state index < -0.39 is 0 Å². The number of aliphatic hydroxyl groups is 1. The van der Waals surface area contributed by atoms with Crippen LogP contribution in [0.2, 0.25) is 0 Å². The van der Waals surface area contributed by atoms with Gasteiger partial charge in [-0.2, -0.15) is 0 Å². The molecule has 15 heavy (non-hydrogen) atoms. The Hall–Kier alpha value is -0.120. The van der Waals surface area contributed by atoms with E-state index in [0.717, 1.165) is 19.4 Å². The molecule has 3 nitrogen and oxygen atoms in total. The van der Waals surface area contributed by atoms with Crippen molar-refractivity contribution in [3.05, 3.63) is 0 Å². The van der Waals surface area contributed by atoms with E-state index in [0.29, 0.717) is 12.0 Å². The first-order valence-corrected chi connectivity index (χ1v) is 6.03. The van der Waals surface area contributed by atoms with Crippen molar-refractivity contribution in [3.8, 4) is 0 Å². The zero-order chi connectivity index (χ0) is 11.5. The van der Waals surface area contributed by atoms with E-state index in [1.807, 2.05) is 7.05 Å². The normalized spacial score (nSPS) is 31.8. The molecule has 0 spiro atoms. The van der Waals surface area contributed by atoms with Crippen molar-refractivity contribution in [1.82, 2.24) is 10.2 Å². The van der Waals surface area contributed by atoms with Crippen LogP contribution in [-0.4, -0.2) is 48.8 Å². The van der Waals surface area contributed by atoms with Crippen molar-refractivity contribution < 1.29 is 5.11 Å². The first-order chi connectivity index (χ1) is 7.03. The molecule has 3 heteroatoms. The predicted octanol–water partition coefficient (Wildman–Crippen LogP) is 1.08. The van der Waals surface area contributed by atoms with E-state index >= 15 is 0 Å². The average molecular weight is 214 g/mol. The molecule has 0 radical (unpaired) electrons. The second kappa shape index (κ2) is 5.28. The quantitative estimate of drug-likeness (QED) is 0.719. The van der Waals surface area contributed by atoms with Crippen molar-refractivity contribution in [2.24, 2.45) is 5.92 Å². The number of aliphatic hydroxyl groups excluding tert-OH is 1. The minimum Gasteiger partial charge on any atom is -0.394 e. The highest BCUT2D eigenvalue weighted by atomic mass is 16.3. The Morgan fingerprint density at radius 3 is 2.60 bits per heavy atom. The first kappa shape index (κ1) is 12.9. The molecular weight excluding hydrogens is 188 g/mol. The van der Waals surface area contributed by atoms with E-state index in [4.69, 9.17) is 0 Å². The van der Waals surface area contributed by atoms with E-state index in [2.05, 4.69) is 31.1 Å². The van der Waals surface area contributed by atoms with Gasteiger partial charge in [0.15, 0.2) is 0 Å². The van der Waals surface area contributed by atoms with Crippen molar-refractivity contribution >= 4 is 0 Å². The minimum absolute atomic E-state index is 0.0180. The lowest BCUT2D eigenvalue weighted by molar-refractivity contribution is 0.154. The van der Waals surface area contributed by atoms with Crippen LogP contribution in [0.25, 0.3) is 0 Å². The Labute approximate surface area is 93.9 Å². The maximum absolute atomic E-state index is 9.42. The minimum atomic E-state index is -0.0180. The second-order valence-electron chi connectivity index (χ2n) is 5.42. The van der Waals surface area contributed by atoms with Crippen LogP contribution < -0.4 is 5.32 Å². The molecular formula is C12H26N2O. The molecule has 1 fully saturated rings. The zero-order valence-electron chi connectivity index (χ0n) is 10.6. The van der Waals surface area contributed by atoms with Crippen LogP contribution in [0.1, 0.15) is 33.1 Å². The largest absolute Gasteiger partial charge is 0.394 e. The van der Waals surface area contributed by atoms with Gasteiger partial charge in [-0.05, 0) is 39.3 Å². The van der Waals surface area contributed by atoms with E-state index in [-0.39, 0.29) is 12.1 Å². The highest BCUT2D eigenvalue weighted by Crippen LogP contribution is 2.32. The molecule has 2 N–H and O–H groups in total. The highest BCUT2D eigenvalue weighted by Gasteiger charge is 2.38. The molecule has 1 saturated carbocycles. The van der Waals surface area contributed by atoms with E-state index in [1.54, 1.807) is 0 Å². The monoisotopic (exact) mass is 214 g/mol. The number of hydrogen-bond donors (Lipinski definition) is 2. The lowest BCUT2D eigenvalue weighted by atomic mass is 9.99. The summed E-state index contributed by atoms with van der Waals surface area (Å²) in [5.74, 6) is 0.716. The molecule has 1 aliphatic rings. The Kier molecular flexibility index (Phi) is 4.56. The molecule has 0 aliphatic heterocycles. The van der Waals surface area contributed by atoms with Gasteiger partial charge in [-0.3, -0.25) is 0 Å². The van der Waals surface area contributed by atoms with Gasteiger partial charge in [0, 0.05) is 18.1 Å². The Bertz CT molecular complexity index is 190.